The van der Waals surface area contributed by atoms with Crippen LogP contribution in [0.15, 0.2) is 24.4 Å². The summed E-state index contributed by atoms with van der Waals surface area (Å²) >= 11 is 0. The summed E-state index contributed by atoms with van der Waals surface area (Å²) in [6, 6.07) is 5.79. The second-order valence-corrected chi connectivity index (χ2v) is 6.72. The van der Waals surface area contributed by atoms with Crippen molar-refractivity contribution in [3.8, 4) is 0 Å². The van der Waals surface area contributed by atoms with Crippen molar-refractivity contribution < 1.29 is 9.59 Å². The number of aryl methyl sites for hydroxylation is 4. The van der Waals surface area contributed by atoms with Crippen molar-refractivity contribution in [1.29, 1.82) is 0 Å². The fraction of sp³-hybridized carbons (Fsp3) is 0.316. The summed E-state index contributed by atoms with van der Waals surface area (Å²) < 4.78 is 1.50. The average Bonchev–Trinajstić information content (AvgIpc) is 3.03. The molecule has 0 unspecified atom stereocenters. The SMILES string of the molecule is Cc1cc(C)c(NC(=O)CN(C)C(=O)c2nc3nccc(C)n3n2)c(C)c1. The van der Waals surface area contributed by atoms with Crippen molar-refractivity contribution in [2.45, 2.75) is 27.7 Å². The van der Waals surface area contributed by atoms with E-state index in [1.54, 1.807) is 19.3 Å². The number of amides is 2. The number of fused-ring (bicyclic) bond motifs is 1. The fourth-order valence-electron chi connectivity index (χ4n) is 3.01. The van der Waals surface area contributed by atoms with Crippen LogP contribution in [-0.4, -0.2) is 49.9 Å². The number of nitrogens with one attached hydrogen (secondary N) is 1. The summed E-state index contributed by atoms with van der Waals surface area (Å²) in [5.74, 6) is -0.358. The Kier molecular flexibility index (Phi) is 4.89. The zero-order valence-electron chi connectivity index (χ0n) is 16.1. The summed E-state index contributed by atoms with van der Waals surface area (Å²) in [7, 11) is 1.54. The highest BCUT2D eigenvalue weighted by molar-refractivity contribution is 5.98. The molecule has 140 valence electrons. The van der Waals surface area contributed by atoms with Crippen molar-refractivity contribution in [2.75, 3.05) is 18.9 Å². The lowest BCUT2D eigenvalue weighted by atomic mass is 10.1. The number of anilines is 1. The Labute approximate surface area is 157 Å². The molecule has 1 aromatic carbocycles. The predicted molar refractivity (Wildman–Crippen MR) is 102 cm³/mol. The van der Waals surface area contributed by atoms with E-state index < -0.39 is 5.91 Å². The molecule has 0 saturated heterocycles. The number of benzene rings is 1. The van der Waals surface area contributed by atoms with Crippen LogP contribution >= 0.6 is 0 Å². The molecule has 8 nitrogen and oxygen atoms in total. The largest absolute Gasteiger partial charge is 0.330 e. The van der Waals surface area contributed by atoms with Crippen LogP contribution < -0.4 is 5.32 Å². The van der Waals surface area contributed by atoms with Gasteiger partial charge in [0.25, 0.3) is 11.7 Å². The van der Waals surface area contributed by atoms with E-state index in [4.69, 9.17) is 0 Å². The lowest BCUT2D eigenvalue weighted by Gasteiger charge is -2.17. The number of hydrogen-bond acceptors (Lipinski definition) is 5. The Bertz CT molecular complexity index is 1020. The quantitative estimate of drug-likeness (QED) is 0.763. The van der Waals surface area contributed by atoms with Gasteiger partial charge in [0.1, 0.15) is 0 Å². The summed E-state index contributed by atoms with van der Waals surface area (Å²) in [6.45, 7) is 7.64. The van der Waals surface area contributed by atoms with Crippen LogP contribution in [0.25, 0.3) is 5.78 Å². The first-order chi connectivity index (χ1) is 12.8. The van der Waals surface area contributed by atoms with Crippen LogP contribution in [0.2, 0.25) is 0 Å². The zero-order chi connectivity index (χ0) is 19.7. The van der Waals surface area contributed by atoms with Gasteiger partial charge in [0.2, 0.25) is 11.7 Å². The number of aromatic nitrogens is 4. The molecule has 0 fully saturated rings. The first-order valence-corrected chi connectivity index (χ1v) is 8.58. The molecule has 0 radical (unpaired) electrons. The van der Waals surface area contributed by atoms with Gasteiger partial charge < -0.3 is 10.2 Å². The molecule has 27 heavy (non-hydrogen) atoms. The van der Waals surface area contributed by atoms with Crippen LogP contribution in [0.4, 0.5) is 5.69 Å². The van der Waals surface area contributed by atoms with Gasteiger partial charge in [0, 0.05) is 24.6 Å². The monoisotopic (exact) mass is 366 g/mol. The zero-order valence-corrected chi connectivity index (χ0v) is 16.1. The van der Waals surface area contributed by atoms with Gasteiger partial charge in [-0.05, 0) is 44.9 Å². The van der Waals surface area contributed by atoms with Gasteiger partial charge in [-0.15, -0.1) is 5.10 Å². The maximum atomic E-state index is 12.6. The minimum Gasteiger partial charge on any atom is -0.330 e. The van der Waals surface area contributed by atoms with E-state index in [-0.39, 0.29) is 18.3 Å². The first kappa shape index (κ1) is 18.5. The molecule has 0 aliphatic carbocycles. The van der Waals surface area contributed by atoms with Crippen molar-refractivity contribution >= 4 is 23.3 Å². The van der Waals surface area contributed by atoms with Crippen molar-refractivity contribution in [2.24, 2.45) is 0 Å². The van der Waals surface area contributed by atoms with Crippen molar-refractivity contribution in [3.63, 3.8) is 0 Å². The molecule has 0 bridgehead atoms. The summed E-state index contributed by atoms with van der Waals surface area (Å²) in [5, 5.41) is 7.07. The molecule has 0 spiro atoms. The van der Waals surface area contributed by atoms with E-state index in [2.05, 4.69) is 20.4 Å². The average molecular weight is 366 g/mol. The van der Waals surface area contributed by atoms with Gasteiger partial charge in [-0.3, -0.25) is 9.59 Å². The molecule has 0 atom stereocenters. The minimum absolute atomic E-state index is 0.00907. The molecule has 3 rings (SSSR count). The van der Waals surface area contributed by atoms with E-state index in [9.17, 15) is 9.59 Å². The third kappa shape index (κ3) is 3.79. The molecular weight excluding hydrogens is 344 g/mol. The normalized spacial score (nSPS) is 10.9. The van der Waals surface area contributed by atoms with Gasteiger partial charge in [0.05, 0.1) is 6.54 Å². The number of carbonyl (C=O) groups is 2. The van der Waals surface area contributed by atoms with Crippen molar-refractivity contribution in [3.05, 3.63) is 52.6 Å². The van der Waals surface area contributed by atoms with E-state index in [1.807, 2.05) is 39.8 Å². The highest BCUT2D eigenvalue weighted by Gasteiger charge is 2.21. The molecule has 8 heteroatoms. The van der Waals surface area contributed by atoms with Crippen LogP contribution in [0.3, 0.4) is 0 Å². The lowest BCUT2D eigenvalue weighted by molar-refractivity contribution is -0.116. The summed E-state index contributed by atoms with van der Waals surface area (Å²) in [6.07, 6.45) is 1.61. The highest BCUT2D eigenvalue weighted by atomic mass is 16.2. The highest BCUT2D eigenvalue weighted by Crippen LogP contribution is 2.21. The maximum absolute atomic E-state index is 12.6. The van der Waals surface area contributed by atoms with Gasteiger partial charge in [-0.1, -0.05) is 17.7 Å². The molecule has 0 aliphatic rings. The third-order valence-electron chi connectivity index (χ3n) is 4.29. The maximum Gasteiger partial charge on any atom is 0.293 e. The van der Waals surface area contributed by atoms with Gasteiger partial charge >= 0.3 is 0 Å². The first-order valence-electron chi connectivity index (χ1n) is 8.58. The van der Waals surface area contributed by atoms with Crippen LogP contribution in [0, 0.1) is 27.7 Å². The Morgan fingerprint density at radius 1 is 1.15 bits per heavy atom. The van der Waals surface area contributed by atoms with E-state index in [0.29, 0.717) is 5.78 Å². The van der Waals surface area contributed by atoms with Gasteiger partial charge in [-0.25, -0.2) is 9.50 Å². The lowest BCUT2D eigenvalue weighted by Crippen LogP contribution is -2.35. The topological polar surface area (TPSA) is 92.5 Å². The fourth-order valence-corrected chi connectivity index (χ4v) is 3.01. The molecule has 2 heterocycles. The van der Waals surface area contributed by atoms with Gasteiger partial charge in [-0.2, -0.15) is 4.98 Å². The molecular formula is C19H22N6O2. The second-order valence-electron chi connectivity index (χ2n) is 6.72. The molecule has 2 aromatic heterocycles. The second kappa shape index (κ2) is 7.14. The number of likely N-dealkylation sites (N-methyl/N-ethyl adjacent to an activating group) is 1. The minimum atomic E-state index is -0.438. The van der Waals surface area contributed by atoms with Crippen LogP contribution in [0.5, 0.6) is 0 Å². The summed E-state index contributed by atoms with van der Waals surface area (Å²) in [5.41, 5.74) is 4.70. The molecule has 3 aromatic rings. The van der Waals surface area contributed by atoms with E-state index in [0.717, 1.165) is 28.1 Å². The standard InChI is InChI=1S/C19H22N6O2/c1-11-8-12(2)16(13(3)9-11)21-15(26)10-24(5)18(27)17-22-19-20-7-6-14(4)25(19)23-17/h6-9H,10H2,1-5H3,(H,21,26). The Morgan fingerprint density at radius 3 is 2.44 bits per heavy atom. The molecule has 2 amide bonds. The Hall–Kier alpha value is -3.29. The number of hydrogen-bond donors (Lipinski definition) is 1. The number of nitrogens with zero attached hydrogens (tertiary/aromatic N) is 5. The summed E-state index contributed by atoms with van der Waals surface area (Å²) in [4.78, 5) is 34.5. The smallest absolute Gasteiger partial charge is 0.293 e. The van der Waals surface area contributed by atoms with Crippen LogP contribution in [-0.2, 0) is 4.79 Å². The van der Waals surface area contributed by atoms with Gasteiger partial charge in [0.15, 0.2) is 0 Å². The van der Waals surface area contributed by atoms with Crippen LogP contribution in [0.1, 0.15) is 33.0 Å². The third-order valence-corrected chi connectivity index (χ3v) is 4.29. The molecule has 1 N–H and O–H groups in total. The Morgan fingerprint density at radius 2 is 1.81 bits per heavy atom. The van der Waals surface area contributed by atoms with Crippen molar-refractivity contribution in [1.82, 2.24) is 24.5 Å². The van der Waals surface area contributed by atoms with E-state index >= 15 is 0 Å². The van der Waals surface area contributed by atoms with E-state index in [1.165, 1.54) is 9.42 Å². The molecule has 0 saturated carbocycles. The predicted octanol–water partition coefficient (Wildman–Crippen LogP) is 2.07. The Balaban J connectivity index is 1.72. The molecule has 0 aliphatic heterocycles. The number of carbonyl (C=O) groups excluding carboxylic acids is 2. The number of rotatable bonds is 4.